The van der Waals surface area contributed by atoms with E-state index in [2.05, 4.69) is 34.5 Å². The smallest absolute Gasteiger partial charge is 0.409 e. The molecule has 0 spiro atoms. The summed E-state index contributed by atoms with van der Waals surface area (Å²) in [7, 11) is 0. The highest BCUT2D eigenvalue weighted by Gasteiger charge is 2.39. The van der Waals surface area contributed by atoms with E-state index in [9.17, 15) is 14.4 Å². The van der Waals surface area contributed by atoms with Crippen molar-refractivity contribution in [1.29, 1.82) is 0 Å². The van der Waals surface area contributed by atoms with Gasteiger partial charge < -0.3 is 19.9 Å². The predicted octanol–water partition coefficient (Wildman–Crippen LogP) is 0.645. The Bertz CT molecular complexity index is 781. The third kappa shape index (κ3) is 4.28. The molecule has 0 saturated carbocycles. The molecule has 4 rings (SSSR count). The lowest BCUT2D eigenvalue weighted by atomic mass is 10.0. The van der Waals surface area contributed by atoms with Crippen LogP contribution in [-0.4, -0.2) is 90.6 Å². The first-order chi connectivity index (χ1) is 14.6. The van der Waals surface area contributed by atoms with Crippen molar-refractivity contribution in [1.82, 2.24) is 20.0 Å². The van der Waals surface area contributed by atoms with E-state index in [1.807, 2.05) is 0 Å². The standard InChI is InChI=1S/C22H30N4O4/c1-2-30-22(29)25-11-9-24(10-12-25)20(27)15-19-21(28)23-7-8-26(19)18-13-16-5-3-4-6-17(16)14-18/h3-6,18-19H,2,7-15H2,1H3,(H,23,28)/t19-/m1/s1. The van der Waals surface area contributed by atoms with Gasteiger partial charge in [-0.25, -0.2) is 4.79 Å². The minimum atomic E-state index is -0.436. The molecule has 0 radical (unpaired) electrons. The van der Waals surface area contributed by atoms with Crippen molar-refractivity contribution in [3.8, 4) is 0 Å². The summed E-state index contributed by atoms with van der Waals surface area (Å²) < 4.78 is 5.03. The molecule has 2 fully saturated rings. The molecular weight excluding hydrogens is 384 g/mol. The Hall–Kier alpha value is -2.61. The zero-order chi connectivity index (χ0) is 21.1. The van der Waals surface area contributed by atoms with Crippen molar-refractivity contribution in [3.63, 3.8) is 0 Å². The molecule has 3 amide bonds. The minimum absolute atomic E-state index is 0.0268. The van der Waals surface area contributed by atoms with Crippen LogP contribution >= 0.6 is 0 Å². The molecule has 1 atom stereocenters. The van der Waals surface area contributed by atoms with Gasteiger partial charge in [0.15, 0.2) is 0 Å². The topological polar surface area (TPSA) is 82.2 Å². The number of rotatable bonds is 4. The van der Waals surface area contributed by atoms with Crippen LogP contribution < -0.4 is 5.32 Å². The Morgan fingerprint density at radius 1 is 1.03 bits per heavy atom. The zero-order valence-electron chi connectivity index (χ0n) is 17.5. The molecule has 8 heteroatoms. The Morgan fingerprint density at radius 2 is 1.67 bits per heavy atom. The van der Waals surface area contributed by atoms with E-state index in [1.165, 1.54) is 11.1 Å². The van der Waals surface area contributed by atoms with Crippen LogP contribution in [0.2, 0.25) is 0 Å². The number of carbonyl (C=O) groups is 3. The Morgan fingerprint density at radius 3 is 2.30 bits per heavy atom. The number of ether oxygens (including phenoxy) is 1. The fraction of sp³-hybridized carbons (Fsp3) is 0.591. The van der Waals surface area contributed by atoms with Gasteiger partial charge in [0.05, 0.1) is 19.1 Å². The Balaban J connectivity index is 1.37. The number of nitrogens with zero attached hydrogens (tertiary/aromatic N) is 3. The van der Waals surface area contributed by atoms with Crippen molar-refractivity contribution < 1.29 is 19.1 Å². The molecule has 0 aromatic heterocycles. The van der Waals surface area contributed by atoms with Gasteiger partial charge in [-0.3, -0.25) is 14.5 Å². The molecular formula is C22H30N4O4. The third-order valence-corrected chi connectivity index (χ3v) is 6.40. The van der Waals surface area contributed by atoms with Gasteiger partial charge in [-0.1, -0.05) is 24.3 Å². The van der Waals surface area contributed by atoms with Crippen LogP contribution in [0.4, 0.5) is 4.79 Å². The molecule has 1 aliphatic carbocycles. The molecule has 0 unspecified atom stereocenters. The average molecular weight is 415 g/mol. The van der Waals surface area contributed by atoms with Gasteiger partial charge in [0.1, 0.15) is 0 Å². The summed E-state index contributed by atoms with van der Waals surface area (Å²) in [5.74, 6) is -0.0863. The summed E-state index contributed by atoms with van der Waals surface area (Å²) in [4.78, 5) is 43.1. The molecule has 1 aromatic carbocycles. The van der Waals surface area contributed by atoms with Crippen molar-refractivity contribution in [2.75, 3.05) is 45.9 Å². The Kier molecular flexibility index (Phi) is 6.22. The highest BCUT2D eigenvalue weighted by Crippen LogP contribution is 2.28. The lowest BCUT2D eigenvalue weighted by molar-refractivity contribution is -0.140. The van der Waals surface area contributed by atoms with Gasteiger partial charge >= 0.3 is 6.09 Å². The maximum atomic E-state index is 13.0. The molecule has 1 aromatic rings. The van der Waals surface area contributed by atoms with Gasteiger partial charge in [-0.05, 0) is 30.9 Å². The summed E-state index contributed by atoms with van der Waals surface area (Å²) in [5, 5.41) is 2.93. The highest BCUT2D eigenvalue weighted by molar-refractivity contribution is 5.89. The van der Waals surface area contributed by atoms with E-state index in [-0.39, 0.29) is 30.4 Å². The predicted molar refractivity (Wildman–Crippen MR) is 111 cm³/mol. The summed E-state index contributed by atoms with van der Waals surface area (Å²) in [6.45, 7) is 5.37. The van der Waals surface area contributed by atoms with E-state index in [0.717, 1.165) is 19.4 Å². The van der Waals surface area contributed by atoms with Crippen LogP contribution in [0.15, 0.2) is 24.3 Å². The first-order valence-electron chi connectivity index (χ1n) is 10.9. The first-order valence-corrected chi connectivity index (χ1v) is 10.9. The van der Waals surface area contributed by atoms with Crippen LogP contribution in [0.1, 0.15) is 24.5 Å². The number of hydrogen-bond donors (Lipinski definition) is 1. The van der Waals surface area contributed by atoms with Gasteiger partial charge in [-0.2, -0.15) is 0 Å². The average Bonchev–Trinajstić information content (AvgIpc) is 3.19. The van der Waals surface area contributed by atoms with Crippen molar-refractivity contribution in [3.05, 3.63) is 35.4 Å². The summed E-state index contributed by atoms with van der Waals surface area (Å²) in [6, 6.07) is 8.24. The molecule has 2 aliphatic heterocycles. The second kappa shape index (κ2) is 9.04. The number of amides is 3. The fourth-order valence-electron chi connectivity index (χ4n) is 4.80. The van der Waals surface area contributed by atoms with Gasteiger partial charge in [0.25, 0.3) is 0 Å². The number of nitrogens with one attached hydrogen (secondary N) is 1. The second-order valence-electron chi connectivity index (χ2n) is 8.15. The summed E-state index contributed by atoms with van der Waals surface area (Å²) in [6.07, 6.45) is 1.69. The van der Waals surface area contributed by atoms with Crippen LogP contribution in [0.5, 0.6) is 0 Å². The van der Waals surface area contributed by atoms with E-state index in [1.54, 1.807) is 16.7 Å². The molecule has 3 aliphatic rings. The van der Waals surface area contributed by atoms with Crippen LogP contribution in [0, 0.1) is 0 Å². The number of carbonyl (C=O) groups excluding carboxylic acids is 3. The number of fused-ring (bicyclic) bond motifs is 1. The quantitative estimate of drug-likeness (QED) is 0.782. The molecule has 1 N–H and O–H groups in total. The van der Waals surface area contributed by atoms with E-state index < -0.39 is 6.04 Å². The van der Waals surface area contributed by atoms with Crippen molar-refractivity contribution in [2.24, 2.45) is 0 Å². The van der Waals surface area contributed by atoms with Gasteiger partial charge in [0, 0.05) is 45.3 Å². The Labute approximate surface area is 177 Å². The largest absolute Gasteiger partial charge is 0.450 e. The van der Waals surface area contributed by atoms with Gasteiger partial charge in [-0.15, -0.1) is 0 Å². The lowest BCUT2D eigenvalue weighted by Crippen LogP contribution is -2.60. The van der Waals surface area contributed by atoms with Crippen LogP contribution in [0.25, 0.3) is 0 Å². The molecule has 8 nitrogen and oxygen atoms in total. The molecule has 162 valence electrons. The summed E-state index contributed by atoms with van der Waals surface area (Å²) in [5.41, 5.74) is 2.68. The van der Waals surface area contributed by atoms with Crippen LogP contribution in [0.3, 0.4) is 0 Å². The van der Waals surface area contributed by atoms with Gasteiger partial charge in [0.2, 0.25) is 11.8 Å². The highest BCUT2D eigenvalue weighted by atomic mass is 16.6. The van der Waals surface area contributed by atoms with E-state index >= 15 is 0 Å². The first kappa shape index (κ1) is 20.7. The SMILES string of the molecule is CCOC(=O)N1CCN(C(=O)C[C@@H]2C(=O)NCCN2C2Cc3ccccc3C2)CC1. The van der Waals surface area contributed by atoms with E-state index in [0.29, 0.717) is 39.3 Å². The number of piperazine rings is 2. The lowest BCUT2D eigenvalue weighted by Gasteiger charge is -2.40. The minimum Gasteiger partial charge on any atom is -0.450 e. The molecule has 2 heterocycles. The van der Waals surface area contributed by atoms with Crippen molar-refractivity contribution in [2.45, 2.75) is 38.3 Å². The number of hydrogen-bond acceptors (Lipinski definition) is 5. The number of benzene rings is 1. The summed E-state index contributed by atoms with van der Waals surface area (Å²) >= 11 is 0. The molecule has 2 saturated heterocycles. The maximum absolute atomic E-state index is 13.0. The second-order valence-corrected chi connectivity index (χ2v) is 8.15. The monoisotopic (exact) mass is 414 g/mol. The third-order valence-electron chi connectivity index (χ3n) is 6.40. The van der Waals surface area contributed by atoms with Crippen LogP contribution in [-0.2, 0) is 27.2 Å². The van der Waals surface area contributed by atoms with E-state index in [4.69, 9.17) is 4.74 Å². The maximum Gasteiger partial charge on any atom is 0.409 e. The molecule has 30 heavy (non-hydrogen) atoms. The fourth-order valence-corrected chi connectivity index (χ4v) is 4.80. The zero-order valence-corrected chi connectivity index (χ0v) is 17.5. The normalized spacial score (nSPS) is 22.6. The molecule has 0 bridgehead atoms. The van der Waals surface area contributed by atoms with Crippen molar-refractivity contribution >= 4 is 17.9 Å².